The number of rotatable bonds is 10. The summed E-state index contributed by atoms with van der Waals surface area (Å²) >= 11 is 1.42. The molecule has 33 heavy (non-hydrogen) atoms. The fraction of sp³-hybridized carbons (Fsp3) is 0.458. The summed E-state index contributed by atoms with van der Waals surface area (Å²) in [6.45, 7) is 4.51. The molecule has 7 nitrogen and oxygen atoms in total. The number of hydrogen-bond acceptors (Lipinski definition) is 6. The Labute approximate surface area is 199 Å². The van der Waals surface area contributed by atoms with Crippen molar-refractivity contribution in [1.82, 2.24) is 9.62 Å². The zero-order valence-electron chi connectivity index (χ0n) is 19.0. The van der Waals surface area contributed by atoms with Crippen LogP contribution in [0.15, 0.2) is 41.3 Å². The van der Waals surface area contributed by atoms with E-state index >= 15 is 0 Å². The minimum absolute atomic E-state index is 0.0433. The smallest absolute Gasteiger partial charge is 0.243 e. The average Bonchev–Trinajstić information content (AvgIpc) is 3.23. The Balaban J connectivity index is 1.37. The van der Waals surface area contributed by atoms with Crippen LogP contribution in [0.4, 0.5) is 0 Å². The average molecular weight is 491 g/mol. The zero-order chi connectivity index (χ0) is 24.0. The number of amides is 1. The van der Waals surface area contributed by atoms with Gasteiger partial charge in [0, 0.05) is 49.7 Å². The van der Waals surface area contributed by atoms with Gasteiger partial charge in [0.25, 0.3) is 0 Å². The van der Waals surface area contributed by atoms with E-state index in [1.54, 1.807) is 30.3 Å². The largest absolute Gasteiger partial charge is 0.353 e. The van der Waals surface area contributed by atoms with Crippen LogP contribution < -0.4 is 5.32 Å². The van der Waals surface area contributed by atoms with Crippen molar-refractivity contribution in [2.75, 3.05) is 13.1 Å². The van der Waals surface area contributed by atoms with Gasteiger partial charge in [0.2, 0.25) is 15.9 Å². The maximum absolute atomic E-state index is 12.8. The van der Waals surface area contributed by atoms with Crippen molar-refractivity contribution in [2.45, 2.75) is 63.3 Å². The molecule has 1 saturated heterocycles. The Morgan fingerprint density at radius 1 is 0.939 bits per heavy atom. The van der Waals surface area contributed by atoms with E-state index in [-0.39, 0.29) is 54.1 Å². The molecular formula is C24H30N2O5S2. The van der Waals surface area contributed by atoms with E-state index < -0.39 is 10.0 Å². The number of nitrogens with zero attached hydrogens (tertiary/aromatic N) is 1. The van der Waals surface area contributed by atoms with Crippen molar-refractivity contribution < 1.29 is 22.8 Å². The molecule has 1 aromatic carbocycles. The highest BCUT2D eigenvalue weighted by Crippen LogP contribution is 2.21. The molecular weight excluding hydrogens is 460 g/mol. The number of Topliss-reactive ketones (excluding diaryl/α,β-unsaturated/α-hetero) is 2. The second-order valence-electron chi connectivity index (χ2n) is 8.43. The molecule has 178 valence electrons. The molecule has 0 spiro atoms. The van der Waals surface area contributed by atoms with Crippen LogP contribution >= 0.6 is 11.3 Å². The van der Waals surface area contributed by atoms with E-state index in [4.69, 9.17) is 0 Å². The summed E-state index contributed by atoms with van der Waals surface area (Å²) in [5.41, 5.74) is 0.998. The van der Waals surface area contributed by atoms with Gasteiger partial charge in [-0.05, 0) is 51.0 Å². The summed E-state index contributed by atoms with van der Waals surface area (Å²) in [7, 11) is -3.54. The molecule has 1 fully saturated rings. The van der Waals surface area contributed by atoms with Crippen LogP contribution in [0.2, 0.25) is 0 Å². The van der Waals surface area contributed by atoms with Crippen LogP contribution in [-0.2, 0) is 19.6 Å². The third kappa shape index (κ3) is 7.06. The molecule has 0 radical (unpaired) electrons. The minimum atomic E-state index is -3.54. The van der Waals surface area contributed by atoms with Crippen LogP contribution in [-0.4, -0.2) is 49.3 Å². The van der Waals surface area contributed by atoms with Gasteiger partial charge >= 0.3 is 0 Å². The maximum Gasteiger partial charge on any atom is 0.243 e. The highest BCUT2D eigenvalue weighted by Gasteiger charge is 2.29. The van der Waals surface area contributed by atoms with Crippen molar-refractivity contribution in [3.05, 3.63) is 51.7 Å². The number of sulfonamides is 1. The second-order valence-corrected chi connectivity index (χ2v) is 11.7. The van der Waals surface area contributed by atoms with Gasteiger partial charge in [-0.1, -0.05) is 17.7 Å². The van der Waals surface area contributed by atoms with Gasteiger partial charge in [0.1, 0.15) is 5.78 Å². The van der Waals surface area contributed by atoms with E-state index in [9.17, 15) is 22.8 Å². The summed E-state index contributed by atoms with van der Waals surface area (Å²) in [5, 5.41) is 2.91. The second kappa shape index (κ2) is 11.2. The number of nitrogens with one attached hydrogen (secondary N) is 1. The number of carbonyl (C=O) groups excluding carboxylic acids is 3. The molecule has 0 aliphatic carbocycles. The normalized spacial score (nSPS) is 15.3. The lowest BCUT2D eigenvalue weighted by molar-refractivity contribution is -0.126. The standard InChI is InChI=1S/C24H30N2O5S2/c1-17-3-8-21(9-4-17)33(30,31)26-15-13-19(14-16-26)25-24(29)12-7-20(27)6-10-22(28)23-11-5-18(2)32-23/h3-5,8-9,11,19H,6-7,10,12-16H2,1-2H3,(H,25,29). The Bertz CT molecular complexity index is 1100. The molecule has 2 heterocycles. The van der Waals surface area contributed by atoms with Gasteiger partial charge in [-0.15, -0.1) is 11.3 Å². The molecule has 1 aromatic heterocycles. The fourth-order valence-electron chi connectivity index (χ4n) is 3.74. The summed E-state index contributed by atoms with van der Waals surface area (Å²) in [4.78, 5) is 38.4. The summed E-state index contributed by atoms with van der Waals surface area (Å²) in [5.74, 6) is -0.368. The minimum Gasteiger partial charge on any atom is -0.353 e. The van der Waals surface area contributed by atoms with Crippen LogP contribution in [0.5, 0.6) is 0 Å². The predicted molar refractivity (Wildman–Crippen MR) is 128 cm³/mol. The van der Waals surface area contributed by atoms with Gasteiger partial charge in [-0.25, -0.2) is 8.42 Å². The quantitative estimate of drug-likeness (QED) is 0.513. The Morgan fingerprint density at radius 3 is 2.18 bits per heavy atom. The van der Waals surface area contributed by atoms with Crippen molar-refractivity contribution in [3.63, 3.8) is 0 Å². The first-order chi connectivity index (χ1) is 15.6. The van der Waals surface area contributed by atoms with Gasteiger partial charge in [-0.2, -0.15) is 4.31 Å². The van der Waals surface area contributed by atoms with E-state index in [0.29, 0.717) is 30.8 Å². The molecule has 2 aromatic rings. The monoisotopic (exact) mass is 490 g/mol. The molecule has 1 aliphatic rings. The third-order valence-electron chi connectivity index (χ3n) is 5.75. The molecule has 1 aliphatic heterocycles. The number of hydrogen-bond donors (Lipinski definition) is 1. The first-order valence-corrected chi connectivity index (χ1v) is 13.4. The molecule has 0 unspecified atom stereocenters. The first kappa shape index (κ1) is 25.3. The van der Waals surface area contributed by atoms with E-state index in [1.165, 1.54) is 15.6 Å². The highest BCUT2D eigenvalue weighted by molar-refractivity contribution is 7.89. The SMILES string of the molecule is Cc1ccc(S(=O)(=O)N2CCC(NC(=O)CCC(=O)CCC(=O)c3ccc(C)s3)CC2)cc1. The van der Waals surface area contributed by atoms with E-state index in [0.717, 1.165) is 10.4 Å². The van der Waals surface area contributed by atoms with Crippen molar-refractivity contribution >= 4 is 38.8 Å². The fourth-order valence-corrected chi connectivity index (χ4v) is 6.04. The predicted octanol–water partition coefficient (Wildman–Crippen LogP) is 3.65. The Kier molecular flexibility index (Phi) is 8.56. The molecule has 1 amide bonds. The first-order valence-electron chi connectivity index (χ1n) is 11.1. The number of ketones is 2. The molecule has 0 saturated carbocycles. The number of carbonyl (C=O) groups is 3. The van der Waals surface area contributed by atoms with Crippen molar-refractivity contribution in [3.8, 4) is 0 Å². The summed E-state index contributed by atoms with van der Waals surface area (Å²) in [6, 6.07) is 10.3. The van der Waals surface area contributed by atoms with Crippen LogP contribution in [0.25, 0.3) is 0 Å². The molecule has 0 bridgehead atoms. The maximum atomic E-state index is 12.8. The van der Waals surface area contributed by atoms with Crippen molar-refractivity contribution in [1.29, 1.82) is 0 Å². The summed E-state index contributed by atoms with van der Waals surface area (Å²) in [6.07, 6.45) is 1.53. The lowest BCUT2D eigenvalue weighted by Crippen LogP contribution is -2.46. The van der Waals surface area contributed by atoms with E-state index in [2.05, 4.69) is 5.32 Å². The zero-order valence-corrected chi connectivity index (χ0v) is 20.6. The van der Waals surface area contributed by atoms with Gasteiger partial charge in [-0.3, -0.25) is 14.4 Å². The van der Waals surface area contributed by atoms with Crippen LogP contribution in [0.3, 0.4) is 0 Å². The number of aryl methyl sites for hydroxylation is 2. The van der Waals surface area contributed by atoms with E-state index in [1.807, 2.05) is 19.9 Å². The third-order valence-corrected chi connectivity index (χ3v) is 8.71. The van der Waals surface area contributed by atoms with Crippen molar-refractivity contribution in [2.24, 2.45) is 0 Å². The highest BCUT2D eigenvalue weighted by atomic mass is 32.2. The van der Waals surface area contributed by atoms with Gasteiger partial charge < -0.3 is 5.32 Å². The molecule has 1 N–H and O–H groups in total. The Morgan fingerprint density at radius 2 is 1.58 bits per heavy atom. The van der Waals surface area contributed by atoms with Gasteiger partial charge in [0.05, 0.1) is 9.77 Å². The van der Waals surface area contributed by atoms with Gasteiger partial charge in [0.15, 0.2) is 5.78 Å². The molecule has 9 heteroatoms. The Hall–Kier alpha value is -2.36. The number of benzene rings is 1. The summed E-state index contributed by atoms with van der Waals surface area (Å²) < 4.78 is 27.0. The van der Waals surface area contributed by atoms with Crippen LogP contribution in [0, 0.1) is 13.8 Å². The van der Waals surface area contributed by atoms with Crippen LogP contribution in [0.1, 0.15) is 58.6 Å². The topological polar surface area (TPSA) is 101 Å². The molecule has 3 rings (SSSR count). The number of piperidine rings is 1. The number of thiophene rings is 1. The molecule has 0 atom stereocenters. The lowest BCUT2D eigenvalue weighted by atomic mass is 10.1. The lowest BCUT2D eigenvalue weighted by Gasteiger charge is -2.31.